The van der Waals surface area contributed by atoms with Crippen molar-refractivity contribution in [3.63, 3.8) is 0 Å². The van der Waals surface area contributed by atoms with Gasteiger partial charge in [0.1, 0.15) is 5.92 Å². The summed E-state index contributed by atoms with van der Waals surface area (Å²) < 4.78 is 0. The molecule has 1 aliphatic heterocycles. The Kier molecular flexibility index (Phi) is 3.55. The lowest BCUT2D eigenvalue weighted by Crippen LogP contribution is -2.57. The molecule has 0 unspecified atom stereocenters. The lowest BCUT2D eigenvalue weighted by Gasteiger charge is -2.48. The molecule has 0 aromatic heterocycles. The van der Waals surface area contributed by atoms with Gasteiger partial charge in [-0.05, 0) is 35.4 Å². The smallest absolute Gasteiger partial charge is 0.274 e. The fourth-order valence-corrected chi connectivity index (χ4v) is 6.01. The van der Waals surface area contributed by atoms with Crippen LogP contribution < -0.4 is 4.90 Å². The topological polar surface area (TPSA) is 80.5 Å². The maximum absolute atomic E-state index is 13.7. The lowest BCUT2D eigenvalue weighted by atomic mass is 9.51. The Hall–Kier alpha value is -3.51. The summed E-state index contributed by atoms with van der Waals surface area (Å²) in [6, 6.07) is 20.7. The summed E-state index contributed by atoms with van der Waals surface area (Å²) in [6.07, 6.45) is 0. The third-order valence-corrected chi connectivity index (χ3v) is 7.20. The van der Waals surface area contributed by atoms with Crippen molar-refractivity contribution < 1.29 is 14.5 Å². The first-order chi connectivity index (χ1) is 15.0. The van der Waals surface area contributed by atoms with Gasteiger partial charge >= 0.3 is 0 Å². The van der Waals surface area contributed by atoms with Crippen molar-refractivity contribution >= 4 is 29.1 Å². The Morgan fingerprint density at radius 3 is 1.94 bits per heavy atom. The van der Waals surface area contributed by atoms with Gasteiger partial charge in [0, 0.05) is 27.0 Å². The van der Waals surface area contributed by atoms with Gasteiger partial charge in [0.15, 0.2) is 0 Å². The molecule has 1 fully saturated rings. The predicted molar refractivity (Wildman–Crippen MR) is 113 cm³/mol. The number of carbonyl (C=O) groups excluding carboxylic acids is 2. The Bertz CT molecular complexity index is 1260. The van der Waals surface area contributed by atoms with Crippen molar-refractivity contribution in [2.24, 2.45) is 11.8 Å². The Morgan fingerprint density at radius 1 is 0.839 bits per heavy atom. The largest absolute Gasteiger partial charge is 0.285 e. The first-order valence-electron chi connectivity index (χ1n) is 9.94. The molecule has 152 valence electrons. The van der Waals surface area contributed by atoms with Crippen molar-refractivity contribution in [1.82, 2.24) is 0 Å². The average molecular weight is 431 g/mol. The molecular formula is C24H15ClN2O4. The van der Waals surface area contributed by atoms with Crippen molar-refractivity contribution in [3.05, 3.63) is 110 Å². The number of benzene rings is 3. The molecule has 31 heavy (non-hydrogen) atoms. The molecule has 0 saturated carbocycles. The minimum absolute atomic E-state index is 0.367. The second kappa shape index (κ2) is 6.02. The minimum atomic E-state index is -1.81. The van der Waals surface area contributed by atoms with Gasteiger partial charge in [-0.3, -0.25) is 19.7 Å². The van der Waals surface area contributed by atoms with Crippen LogP contribution in [0.2, 0.25) is 5.02 Å². The van der Waals surface area contributed by atoms with Crippen molar-refractivity contribution in [2.75, 3.05) is 4.90 Å². The van der Waals surface area contributed by atoms with Gasteiger partial charge in [0.05, 0.1) is 11.6 Å². The number of hydrogen-bond acceptors (Lipinski definition) is 4. The van der Waals surface area contributed by atoms with E-state index in [-0.39, 0.29) is 4.92 Å². The van der Waals surface area contributed by atoms with Gasteiger partial charge in [-0.1, -0.05) is 60.1 Å². The molecule has 2 atom stereocenters. The van der Waals surface area contributed by atoms with Crippen LogP contribution in [-0.2, 0) is 15.1 Å². The lowest BCUT2D eigenvalue weighted by molar-refractivity contribution is -0.578. The molecule has 0 spiro atoms. The van der Waals surface area contributed by atoms with Crippen LogP contribution in [0.5, 0.6) is 0 Å². The number of hydrogen-bond donors (Lipinski definition) is 0. The molecule has 3 aliphatic carbocycles. The summed E-state index contributed by atoms with van der Waals surface area (Å²) in [7, 11) is 0. The zero-order valence-electron chi connectivity index (χ0n) is 16.1. The third kappa shape index (κ3) is 2.03. The van der Waals surface area contributed by atoms with Gasteiger partial charge in [-0.25, -0.2) is 4.90 Å². The van der Waals surface area contributed by atoms with E-state index in [1.54, 1.807) is 48.5 Å². The van der Waals surface area contributed by atoms with Gasteiger partial charge in [0.25, 0.3) is 5.54 Å². The molecular weight excluding hydrogens is 416 g/mol. The summed E-state index contributed by atoms with van der Waals surface area (Å²) in [5.41, 5.74) is 1.07. The molecule has 2 amide bonds. The molecule has 4 aliphatic rings. The van der Waals surface area contributed by atoms with E-state index < -0.39 is 35.1 Å². The van der Waals surface area contributed by atoms with E-state index in [2.05, 4.69) is 0 Å². The molecule has 1 heterocycles. The minimum Gasteiger partial charge on any atom is -0.274 e. The highest BCUT2D eigenvalue weighted by Crippen LogP contribution is 2.64. The van der Waals surface area contributed by atoms with E-state index >= 15 is 0 Å². The first-order valence-corrected chi connectivity index (χ1v) is 10.3. The molecule has 0 radical (unpaired) electrons. The zero-order chi connectivity index (χ0) is 21.5. The number of halogens is 1. The Morgan fingerprint density at radius 2 is 1.39 bits per heavy atom. The number of amides is 2. The van der Waals surface area contributed by atoms with Crippen LogP contribution in [0.3, 0.4) is 0 Å². The predicted octanol–water partition coefficient (Wildman–Crippen LogP) is 4.13. The molecule has 1 saturated heterocycles. The maximum Gasteiger partial charge on any atom is 0.285 e. The van der Waals surface area contributed by atoms with Crippen molar-refractivity contribution in [1.29, 1.82) is 0 Å². The Balaban J connectivity index is 1.67. The van der Waals surface area contributed by atoms with Crippen LogP contribution in [0, 0.1) is 22.0 Å². The quantitative estimate of drug-likeness (QED) is 0.348. The molecule has 0 N–H and O–H groups in total. The van der Waals surface area contributed by atoms with Gasteiger partial charge in [0.2, 0.25) is 11.8 Å². The first kappa shape index (κ1) is 18.3. The zero-order valence-corrected chi connectivity index (χ0v) is 16.8. The fourth-order valence-electron chi connectivity index (χ4n) is 5.89. The Labute approximate surface area is 182 Å². The summed E-state index contributed by atoms with van der Waals surface area (Å²) in [6.45, 7) is 0. The molecule has 3 aromatic rings. The molecule has 7 rings (SSSR count). The van der Waals surface area contributed by atoms with Gasteiger partial charge in [-0.15, -0.1) is 0 Å². The summed E-state index contributed by atoms with van der Waals surface area (Å²) in [4.78, 5) is 41.0. The maximum atomic E-state index is 13.7. The average Bonchev–Trinajstić information content (AvgIpc) is 3.05. The van der Waals surface area contributed by atoms with E-state index in [1.165, 1.54) is 0 Å². The van der Waals surface area contributed by atoms with Crippen molar-refractivity contribution in [3.8, 4) is 0 Å². The summed E-state index contributed by atoms with van der Waals surface area (Å²) >= 11 is 5.98. The normalized spacial score (nSPS) is 27.6. The van der Waals surface area contributed by atoms with E-state index in [1.807, 2.05) is 24.3 Å². The van der Waals surface area contributed by atoms with Crippen LogP contribution in [0.15, 0.2) is 72.8 Å². The van der Waals surface area contributed by atoms with E-state index in [4.69, 9.17) is 11.6 Å². The molecule has 3 aromatic carbocycles. The van der Waals surface area contributed by atoms with Gasteiger partial charge < -0.3 is 0 Å². The SMILES string of the molecule is O=C1[C@@H]2[C@@H](C(=O)N1c1ccc(Cl)cc1)C1c3ccccc3C2([N+](=O)[O-])c2ccccc21. The number of carbonyl (C=O) groups is 2. The molecule has 7 heteroatoms. The number of anilines is 1. The third-order valence-electron chi connectivity index (χ3n) is 6.95. The van der Waals surface area contributed by atoms with E-state index in [0.29, 0.717) is 21.8 Å². The van der Waals surface area contributed by atoms with Crippen molar-refractivity contribution in [2.45, 2.75) is 11.5 Å². The standard InChI is InChI=1S/C24H15ClN2O4/c25-13-9-11-14(12-10-13)26-22(28)20-19-15-5-1-3-7-17(15)24(27(30)31,21(20)23(26)29)18-8-4-2-6-16(18)19/h1-12,19-21H/t19?,20-,21-,24?/m0/s1. The second-order valence-corrected chi connectivity index (χ2v) is 8.60. The highest BCUT2D eigenvalue weighted by atomic mass is 35.5. The van der Waals surface area contributed by atoms with E-state index in [9.17, 15) is 19.7 Å². The fraction of sp³-hybridized carbons (Fsp3) is 0.167. The van der Waals surface area contributed by atoms with Crippen LogP contribution in [0.4, 0.5) is 5.69 Å². The van der Waals surface area contributed by atoms with Crippen LogP contribution >= 0.6 is 11.6 Å². The van der Waals surface area contributed by atoms with Crippen LogP contribution in [0.25, 0.3) is 0 Å². The summed E-state index contributed by atoms with van der Waals surface area (Å²) in [5.74, 6) is -3.30. The highest BCUT2D eigenvalue weighted by molar-refractivity contribution is 6.31. The molecule has 2 bridgehead atoms. The number of imide groups is 1. The number of rotatable bonds is 2. The van der Waals surface area contributed by atoms with Crippen LogP contribution in [-0.4, -0.2) is 16.7 Å². The summed E-state index contributed by atoms with van der Waals surface area (Å²) in [5, 5.41) is 13.3. The van der Waals surface area contributed by atoms with Crippen LogP contribution in [0.1, 0.15) is 28.2 Å². The monoisotopic (exact) mass is 430 g/mol. The number of nitro groups is 1. The molecule has 6 nitrogen and oxygen atoms in total. The second-order valence-electron chi connectivity index (χ2n) is 8.17. The number of nitrogens with zero attached hydrogens (tertiary/aromatic N) is 2. The highest BCUT2D eigenvalue weighted by Gasteiger charge is 2.74. The van der Waals surface area contributed by atoms with E-state index in [0.717, 1.165) is 16.0 Å². The van der Waals surface area contributed by atoms with Gasteiger partial charge in [-0.2, -0.15) is 0 Å².